The van der Waals surface area contributed by atoms with Crippen molar-refractivity contribution in [2.75, 3.05) is 13.7 Å². The number of benzene rings is 4. The van der Waals surface area contributed by atoms with Crippen LogP contribution in [0.1, 0.15) is 22.3 Å². The molecule has 0 fully saturated rings. The maximum Gasteiger partial charge on any atom is 0.239 e. The molecule has 1 amide bonds. The highest BCUT2D eigenvalue weighted by molar-refractivity contribution is 5.82. The second-order valence-corrected chi connectivity index (χ2v) is 8.20. The maximum absolute atomic E-state index is 13.4. The molecule has 4 rings (SSSR count). The van der Waals surface area contributed by atoms with Crippen molar-refractivity contribution in [3.63, 3.8) is 0 Å². The quantitative estimate of drug-likeness (QED) is 0.338. The summed E-state index contributed by atoms with van der Waals surface area (Å²) < 4.78 is 5.51. The van der Waals surface area contributed by atoms with E-state index in [-0.39, 0.29) is 12.5 Å². The van der Waals surface area contributed by atoms with Crippen LogP contribution in [0.2, 0.25) is 0 Å². The van der Waals surface area contributed by atoms with Crippen LogP contribution in [-0.4, -0.2) is 25.7 Å². The second kappa shape index (κ2) is 11.4. The van der Waals surface area contributed by atoms with Crippen molar-refractivity contribution >= 4 is 5.91 Å². The van der Waals surface area contributed by atoms with Crippen LogP contribution < -0.4 is 10.6 Å². The normalized spacial score (nSPS) is 12.1. The first-order valence-electron chi connectivity index (χ1n) is 11.5. The molecule has 4 nitrogen and oxygen atoms in total. The van der Waals surface area contributed by atoms with Crippen LogP contribution >= 0.6 is 0 Å². The van der Waals surface area contributed by atoms with E-state index in [2.05, 4.69) is 47.0 Å². The monoisotopic (exact) mass is 450 g/mol. The van der Waals surface area contributed by atoms with Gasteiger partial charge in [0.05, 0.1) is 12.1 Å². The molecule has 172 valence electrons. The van der Waals surface area contributed by atoms with Crippen molar-refractivity contribution in [2.24, 2.45) is 0 Å². The molecule has 4 aromatic carbocycles. The van der Waals surface area contributed by atoms with E-state index in [0.717, 1.165) is 22.3 Å². The summed E-state index contributed by atoms with van der Waals surface area (Å²) in [6.45, 7) is 0.686. The maximum atomic E-state index is 13.4. The van der Waals surface area contributed by atoms with Crippen molar-refractivity contribution in [3.05, 3.63) is 144 Å². The lowest BCUT2D eigenvalue weighted by Gasteiger charge is -2.39. The molecular formula is C30H30N2O2. The van der Waals surface area contributed by atoms with Gasteiger partial charge in [-0.15, -0.1) is 0 Å². The van der Waals surface area contributed by atoms with Gasteiger partial charge in [0.2, 0.25) is 5.91 Å². The molecule has 0 aliphatic heterocycles. The largest absolute Gasteiger partial charge is 0.383 e. The Balaban J connectivity index is 1.76. The lowest BCUT2D eigenvalue weighted by atomic mass is 9.76. The van der Waals surface area contributed by atoms with Gasteiger partial charge in [-0.1, -0.05) is 121 Å². The minimum Gasteiger partial charge on any atom is -0.383 e. The average Bonchev–Trinajstić information content (AvgIpc) is 2.92. The molecular weight excluding hydrogens is 420 g/mol. The second-order valence-electron chi connectivity index (χ2n) is 8.20. The summed E-state index contributed by atoms with van der Waals surface area (Å²) in [6, 6.07) is 40.1. The van der Waals surface area contributed by atoms with Crippen molar-refractivity contribution in [1.29, 1.82) is 0 Å². The number of carbonyl (C=O) groups is 1. The molecule has 4 heteroatoms. The Bertz CT molecular complexity index is 1050. The third-order valence-electron chi connectivity index (χ3n) is 5.97. The van der Waals surface area contributed by atoms with Gasteiger partial charge in [-0.25, -0.2) is 0 Å². The van der Waals surface area contributed by atoms with Crippen LogP contribution in [-0.2, 0) is 21.6 Å². The number of rotatable bonds is 10. The molecule has 1 unspecified atom stereocenters. The Morgan fingerprint density at radius 2 is 1.12 bits per heavy atom. The lowest BCUT2D eigenvalue weighted by Crippen LogP contribution is -2.56. The summed E-state index contributed by atoms with van der Waals surface area (Å²) in [5.41, 5.74) is 3.43. The number of hydrogen-bond acceptors (Lipinski definition) is 3. The first-order chi connectivity index (χ1) is 16.7. The summed E-state index contributed by atoms with van der Waals surface area (Å²) >= 11 is 0. The molecule has 2 N–H and O–H groups in total. The van der Waals surface area contributed by atoms with E-state index in [4.69, 9.17) is 4.74 Å². The van der Waals surface area contributed by atoms with E-state index in [1.807, 2.05) is 84.9 Å². The van der Waals surface area contributed by atoms with E-state index >= 15 is 0 Å². The summed E-state index contributed by atoms with van der Waals surface area (Å²) in [4.78, 5) is 13.4. The number of methoxy groups -OCH3 is 1. The van der Waals surface area contributed by atoms with Gasteiger partial charge in [-0.3, -0.25) is 10.1 Å². The van der Waals surface area contributed by atoms with Crippen molar-refractivity contribution in [2.45, 2.75) is 18.1 Å². The van der Waals surface area contributed by atoms with Gasteiger partial charge in [-0.05, 0) is 22.3 Å². The van der Waals surface area contributed by atoms with Gasteiger partial charge < -0.3 is 10.1 Å². The topological polar surface area (TPSA) is 50.4 Å². The molecule has 0 spiro atoms. The van der Waals surface area contributed by atoms with Gasteiger partial charge in [-0.2, -0.15) is 0 Å². The zero-order valence-corrected chi connectivity index (χ0v) is 19.4. The van der Waals surface area contributed by atoms with Gasteiger partial charge in [0.25, 0.3) is 0 Å². The standard InChI is InChI=1S/C30H30N2O2/c1-34-23-28(29(33)31-22-24-14-6-2-7-15-24)32-30(25-16-8-3-9-17-25,26-18-10-4-11-19-26)27-20-12-5-13-21-27/h2-21,28,32H,22-23H2,1H3,(H,31,33). The van der Waals surface area contributed by atoms with Crippen LogP contribution in [0.25, 0.3) is 0 Å². The third kappa shape index (κ3) is 5.25. The summed E-state index contributed by atoms with van der Waals surface area (Å²) in [5, 5.41) is 6.80. The SMILES string of the molecule is COCC(NC(c1ccccc1)(c1ccccc1)c1ccccc1)C(=O)NCc1ccccc1. The minimum absolute atomic E-state index is 0.113. The smallest absolute Gasteiger partial charge is 0.239 e. The fourth-order valence-corrected chi connectivity index (χ4v) is 4.33. The van der Waals surface area contributed by atoms with Crippen molar-refractivity contribution in [1.82, 2.24) is 10.6 Å². The molecule has 34 heavy (non-hydrogen) atoms. The first-order valence-corrected chi connectivity index (χ1v) is 11.5. The van der Waals surface area contributed by atoms with Crippen LogP contribution in [0, 0.1) is 0 Å². The highest BCUT2D eigenvalue weighted by atomic mass is 16.5. The lowest BCUT2D eigenvalue weighted by molar-refractivity contribution is -0.125. The van der Waals surface area contributed by atoms with E-state index in [9.17, 15) is 4.79 Å². The van der Waals surface area contributed by atoms with Crippen LogP contribution in [0.4, 0.5) is 0 Å². The van der Waals surface area contributed by atoms with E-state index in [0.29, 0.717) is 6.54 Å². The summed E-state index contributed by atoms with van der Waals surface area (Å²) in [6.07, 6.45) is 0. The molecule has 0 heterocycles. The first kappa shape index (κ1) is 23.4. The summed E-state index contributed by atoms with van der Waals surface area (Å²) in [7, 11) is 1.62. The fraction of sp³-hybridized carbons (Fsp3) is 0.167. The number of hydrogen-bond donors (Lipinski definition) is 2. The minimum atomic E-state index is -0.753. The number of ether oxygens (including phenoxy) is 1. The zero-order chi connectivity index (χ0) is 23.6. The highest BCUT2D eigenvalue weighted by Gasteiger charge is 2.39. The molecule has 0 aliphatic rings. The van der Waals surface area contributed by atoms with E-state index in [1.54, 1.807) is 7.11 Å². The molecule has 1 atom stereocenters. The third-order valence-corrected chi connectivity index (χ3v) is 5.97. The molecule has 0 saturated carbocycles. The number of nitrogens with one attached hydrogen (secondary N) is 2. The number of carbonyl (C=O) groups excluding carboxylic acids is 1. The van der Waals surface area contributed by atoms with Crippen LogP contribution in [0.3, 0.4) is 0 Å². The predicted octanol–water partition coefficient (Wildman–Crippen LogP) is 4.90. The van der Waals surface area contributed by atoms with E-state index in [1.165, 1.54) is 0 Å². The van der Waals surface area contributed by atoms with Gasteiger partial charge >= 0.3 is 0 Å². The molecule has 0 aliphatic carbocycles. The molecule has 4 aromatic rings. The highest BCUT2D eigenvalue weighted by Crippen LogP contribution is 2.37. The van der Waals surface area contributed by atoms with Gasteiger partial charge in [0.15, 0.2) is 0 Å². The molecule has 0 bridgehead atoms. The van der Waals surface area contributed by atoms with E-state index < -0.39 is 11.6 Å². The molecule has 0 radical (unpaired) electrons. The van der Waals surface area contributed by atoms with Gasteiger partial charge in [0, 0.05) is 13.7 Å². The van der Waals surface area contributed by atoms with Crippen molar-refractivity contribution in [3.8, 4) is 0 Å². The number of amides is 1. The Morgan fingerprint density at radius 3 is 1.53 bits per heavy atom. The van der Waals surface area contributed by atoms with Crippen LogP contribution in [0.15, 0.2) is 121 Å². The fourth-order valence-electron chi connectivity index (χ4n) is 4.33. The van der Waals surface area contributed by atoms with Crippen LogP contribution in [0.5, 0.6) is 0 Å². The summed E-state index contributed by atoms with van der Waals surface area (Å²) in [5.74, 6) is -0.113. The molecule has 0 saturated heterocycles. The van der Waals surface area contributed by atoms with Gasteiger partial charge in [0.1, 0.15) is 6.04 Å². The van der Waals surface area contributed by atoms with Crippen molar-refractivity contribution < 1.29 is 9.53 Å². The zero-order valence-electron chi connectivity index (χ0n) is 19.4. The Kier molecular flexibility index (Phi) is 7.87. The Morgan fingerprint density at radius 1 is 0.706 bits per heavy atom. The molecule has 0 aromatic heterocycles. The Labute approximate surface area is 201 Å². The Hall–Kier alpha value is -3.73. The predicted molar refractivity (Wildman–Crippen MR) is 136 cm³/mol. The average molecular weight is 451 g/mol.